The third-order valence-corrected chi connectivity index (χ3v) is 3.11. The molecule has 0 heterocycles. The Morgan fingerprint density at radius 3 is 2.81 bits per heavy atom. The molecule has 0 saturated heterocycles. The highest BCUT2D eigenvalue weighted by Crippen LogP contribution is 2.27. The van der Waals surface area contributed by atoms with Gasteiger partial charge in [-0.3, -0.25) is 0 Å². The number of benzene rings is 1. The Morgan fingerprint density at radius 1 is 1.38 bits per heavy atom. The summed E-state index contributed by atoms with van der Waals surface area (Å²) in [6, 6.07) is 8.19. The van der Waals surface area contributed by atoms with Crippen LogP contribution in [0.5, 0.6) is 5.75 Å². The van der Waals surface area contributed by atoms with Gasteiger partial charge in [-0.1, -0.05) is 26.0 Å². The van der Waals surface area contributed by atoms with E-state index in [4.69, 9.17) is 4.74 Å². The van der Waals surface area contributed by atoms with E-state index in [-0.39, 0.29) is 0 Å². The van der Waals surface area contributed by atoms with Crippen LogP contribution in [-0.4, -0.2) is 26.0 Å². The first-order valence-electron chi connectivity index (χ1n) is 5.74. The third kappa shape index (κ3) is 4.45. The second kappa shape index (κ2) is 7.58. The van der Waals surface area contributed by atoms with Gasteiger partial charge >= 0.3 is 0 Å². The molecule has 1 atom stereocenters. The fourth-order valence-corrected chi connectivity index (χ4v) is 1.96. The second-order valence-corrected chi connectivity index (χ2v) is 4.72. The molecule has 0 aliphatic rings. The SMILES string of the molecule is CCNCC(C)COc1ccccc1SC. The summed E-state index contributed by atoms with van der Waals surface area (Å²) >= 11 is 1.72. The first-order chi connectivity index (χ1) is 7.77. The Morgan fingerprint density at radius 2 is 2.12 bits per heavy atom. The zero-order chi connectivity index (χ0) is 11.8. The van der Waals surface area contributed by atoms with E-state index < -0.39 is 0 Å². The van der Waals surface area contributed by atoms with E-state index in [0.717, 1.165) is 25.4 Å². The lowest BCUT2D eigenvalue weighted by Gasteiger charge is -2.15. The highest BCUT2D eigenvalue weighted by molar-refractivity contribution is 7.98. The summed E-state index contributed by atoms with van der Waals surface area (Å²) < 4.78 is 5.83. The summed E-state index contributed by atoms with van der Waals surface area (Å²) in [6.45, 7) is 7.12. The van der Waals surface area contributed by atoms with Crippen LogP contribution in [0.4, 0.5) is 0 Å². The molecule has 0 aromatic heterocycles. The van der Waals surface area contributed by atoms with Gasteiger partial charge in [-0.25, -0.2) is 0 Å². The van der Waals surface area contributed by atoms with Gasteiger partial charge in [-0.05, 0) is 24.9 Å². The average Bonchev–Trinajstić information content (AvgIpc) is 2.34. The van der Waals surface area contributed by atoms with Gasteiger partial charge in [0.05, 0.1) is 6.61 Å². The van der Waals surface area contributed by atoms with Crippen molar-refractivity contribution in [2.45, 2.75) is 18.7 Å². The molecule has 0 aliphatic carbocycles. The molecule has 0 fully saturated rings. The predicted molar refractivity (Wildman–Crippen MR) is 71.4 cm³/mol. The van der Waals surface area contributed by atoms with E-state index in [0.29, 0.717) is 5.92 Å². The van der Waals surface area contributed by atoms with Crippen LogP contribution in [0.2, 0.25) is 0 Å². The van der Waals surface area contributed by atoms with Crippen molar-refractivity contribution in [3.8, 4) is 5.75 Å². The molecule has 0 spiro atoms. The number of rotatable bonds is 7. The van der Waals surface area contributed by atoms with Crippen molar-refractivity contribution >= 4 is 11.8 Å². The van der Waals surface area contributed by atoms with E-state index in [1.54, 1.807) is 11.8 Å². The number of hydrogen-bond donors (Lipinski definition) is 1. The molecule has 90 valence electrons. The Kier molecular flexibility index (Phi) is 6.34. The highest BCUT2D eigenvalue weighted by atomic mass is 32.2. The number of thioether (sulfide) groups is 1. The van der Waals surface area contributed by atoms with Crippen molar-refractivity contribution in [1.29, 1.82) is 0 Å². The number of para-hydroxylation sites is 1. The zero-order valence-corrected chi connectivity index (χ0v) is 11.1. The first kappa shape index (κ1) is 13.4. The van der Waals surface area contributed by atoms with Gasteiger partial charge in [-0.2, -0.15) is 0 Å². The zero-order valence-electron chi connectivity index (χ0n) is 10.3. The lowest BCUT2D eigenvalue weighted by molar-refractivity contribution is 0.251. The fraction of sp³-hybridized carbons (Fsp3) is 0.538. The van der Waals surface area contributed by atoms with Gasteiger partial charge < -0.3 is 10.1 Å². The number of ether oxygens (including phenoxy) is 1. The normalized spacial score (nSPS) is 12.4. The van der Waals surface area contributed by atoms with E-state index in [9.17, 15) is 0 Å². The van der Waals surface area contributed by atoms with Crippen LogP contribution in [0.3, 0.4) is 0 Å². The molecule has 0 aliphatic heterocycles. The molecule has 1 unspecified atom stereocenters. The van der Waals surface area contributed by atoms with Crippen molar-refractivity contribution in [2.75, 3.05) is 26.0 Å². The van der Waals surface area contributed by atoms with Crippen molar-refractivity contribution < 1.29 is 4.74 Å². The minimum absolute atomic E-state index is 0.537. The summed E-state index contributed by atoms with van der Waals surface area (Å²) in [5.41, 5.74) is 0. The van der Waals surface area contributed by atoms with Crippen LogP contribution in [-0.2, 0) is 0 Å². The molecule has 16 heavy (non-hydrogen) atoms. The van der Waals surface area contributed by atoms with Crippen LogP contribution < -0.4 is 10.1 Å². The lowest BCUT2D eigenvalue weighted by atomic mass is 10.2. The topological polar surface area (TPSA) is 21.3 Å². The number of nitrogens with one attached hydrogen (secondary N) is 1. The molecule has 3 heteroatoms. The van der Waals surface area contributed by atoms with Crippen molar-refractivity contribution in [1.82, 2.24) is 5.32 Å². The van der Waals surface area contributed by atoms with Crippen LogP contribution >= 0.6 is 11.8 Å². The maximum absolute atomic E-state index is 5.83. The van der Waals surface area contributed by atoms with Crippen molar-refractivity contribution in [3.63, 3.8) is 0 Å². The second-order valence-electron chi connectivity index (χ2n) is 3.87. The van der Waals surface area contributed by atoms with E-state index in [1.165, 1.54) is 4.90 Å². The van der Waals surface area contributed by atoms with E-state index in [1.807, 2.05) is 18.2 Å². The van der Waals surface area contributed by atoms with E-state index in [2.05, 4.69) is 31.5 Å². The number of hydrogen-bond acceptors (Lipinski definition) is 3. The van der Waals surface area contributed by atoms with Crippen molar-refractivity contribution in [2.24, 2.45) is 5.92 Å². The standard InChI is InChI=1S/C13H21NOS/c1-4-14-9-11(2)10-15-12-7-5-6-8-13(12)16-3/h5-8,11,14H,4,9-10H2,1-3H3. The predicted octanol–water partition coefficient (Wildman–Crippen LogP) is 3.03. The molecule has 0 saturated carbocycles. The quantitative estimate of drug-likeness (QED) is 0.739. The average molecular weight is 239 g/mol. The molecule has 1 N–H and O–H groups in total. The molecule has 0 bridgehead atoms. The van der Waals surface area contributed by atoms with Crippen LogP contribution in [0.15, 0.2) is 29.2 Å². The molecule has 0 amide bonds. The summed E-state index contributed by atoms with van der Waals surface area (Å²) in [5.74, 6) is 1.54. The minimum Gasteiger partial charge on any atom is -0.492 e. The Balaban J connectivity index is 2.41. The molecular formula is C13H21NOS. The molecule has 1 rings (SSSR count). The van der Waals surface area contributed by atoms with Crippen LogP contribution in [0.25, 0.3) is 0 Å². The third-order valence-electron chi connectivity index (χ3n) is 2.34. The van der Waals surface area contributed by atoms with E-state index >= 15 is 0 Å². The van der Waals surface area contributed by atoms with Gasteiger partial charge in [-0.15, -0.1) is 11.8 Å². The monoisotopic (exact) mass is 239 g/mol. The minimum atomic E-state index is 0.537. The van der Waals surface area contributed by atoms with Gasteiger partial charge in [0, 0.05) is 17.4 Å². The lowest BCUT2D eigenvalue weighted by Crippen LogP contribution is -2.24. The van der Waals surface area contributed by atoms with Crippen molar-refractivity contribution in [3.05, 3.63) is 24.3 Å². The summed E-state index contributed by atoms with van der Waals surface area (Å²) in [7, 11) is 0. The molecular weight excluding hydrogens is 218 g/mol. The smallest absolute Gasteiger partial charge is 0.132 e. The van der Waals surface area contributed by atoms with Gasteiger partial charge in [0.25, 0.3) is 0 Å². The maximum Gasteiger partial charge on any atom is 0.132 e. The van der Waals surface area contributed by atoms with Gasteiger partial charge in [0.2, 0.25) is 0 Å². The Hall–Kier alpha value is -0.670. The fourth-order valence-electron chi connectivity index (χ4n) is 1.42. The van der Waals surface area contributed by atoms with Crippen LogP contribution in [0, 0.1) is 5.92 Å². The first-order valence-corrected chi connectivity index (χ1v) is 6.97. The Labute approximate surface area is 103 Å². The van der Waals surface area contributed by atoms with Gasteiger partial charge in [0.15, 0.2) is 0 Å². The Bertz CT molecular complexity index is 304. The summed E-state index contributed by atoms with van der Waals surface area (Å²) in [6.07, 6.45) is 2.07. The van der Waals surface area contributed by atoms with Crippen LogP contribution in [0.1, 0.15) is 13.8 Å². The molecule has 0 radical (unpaired) electrons. The molecule has 1 aromatic rings. The highest BCUT2D eigenvalue weighted by Gasteiger charge is 2.05. The largest absolute Gasteiger partial charge is 0.492 e. The molecule has 1 aromatic carbocycles. The van der Waals surface area contributed by atoms with Gasteiger partial charge in [0.1, 0.15) is 5.75 Å². The summed E-state index contributed by atoms with van der Waals surface area (Å²) in [5, 5.41) is 3.33. The summed E-state index contributed by atoms with van der Waals surface area (Å²) in [4.78, 5) is 1.21. The molecule has 2 nitrogen and oxygen atoms in total. The maximum atomic E-state index is 5.83.